The number of benzene rings is 1. The lowest BCUT2D eigenvalue weighted by Crippen LogP contribution is -2.15. The Morgan fingerprint density at radius 2 is 1.88 bits per heavy atom. The van der Waals surface area contributed by atoms with Crippen molar-refractivity contribution in [2.24, 2.45) is 7.05 Å². The van der Waals surface area contributed by atoms with E-state index in [4.69, 9.17) is 9.47 Å². The van der Waals surface area contributed by atoms with Crippen molar-refractivity contribution in [1.82, 2.24) is 9.78 Å². The fraction of sp³-hybridized carbons (Fsp3) is 0.353. The number of hydrogen-bond donors (Lipinski definition) is 1. The zero-order valence-corrected chi connectivity index (χ0v) is 14.0. The predicted molar refractivity (Wildman–Crippen MR) is 89.1 cm³/mol. The minimum atomic E-state index is -0.408. The molecule has 1 amide bonds. The molecule has 0 saturated carbocycles. The van der Waals surface area contributed by atoms with Gasteiger partial charge < -0.3 is 14.8 Å². The largest absolute Gasteiger partial charge is 0.477 e. The first-order valence-electron chi connectivity index (χ1n) is 7.77. The van der Waals surface area contributed by atoms with Crippen molar-refractivity contribution in [3.05, 3.63) is 41.6 Å². The van der Waals surface area contributed by atoms with Gasteiger partial charge in [0.15, 0.2) is 0 Å². The molecule has 1 aromatic heterocycles. The number of amides is 1. The van der Waals surface area contributed by atoms with Crippen LogP contribution in [0, 0.1) is 0 Å². The van der Waals surface area contributed by atoms with Gasteiger partial charge in [-0.1, -0.05) is 18.2 Å². The molecule has 1 heterocycles. The second kappa shape index (κ2) is 8.14. The van der Waals surface area contributed by atoms with Crippen LogP contribution in [-0.4, -0.2) is 34.9 Å². The van der Waals surface area contributed by atoms with Crippen molar-refractivity contribution in [3.63, 3.8) is 0 Å². The maximum absolute atomic E-state index is 12.4. The number of ether oxygens (including phenoxy) is 2. The summed E-state index contributed by atoms with van der Waals surface area (Å²) in [5.41, 5.74) is 1.30. The highest BCUT2D eigenvalue weighted by Gasteiger charge is 2.22. The summed E-state index contributed by atoms with van der Waals surface area (Å²) in [6, 6.07) is 8.80. The van der Waals surface area contributed by atoms with Gasteiger partial charge in [0.05, 0.1) is 19.6 Å². The van der Waals surface area contributed by atoms with Crippen LogP contribution in [0.25, 0.3) is 0 Å². The van der Waals surface area contributed by atoms with E-state index >= 15 is 0 Å². The number of aryl methyl sites for hydroxylation is 1. The smallest absolute Gasteiger partial charge is 0.312 e. The monoisotopic (exact) mass is 331 g/mol. The van der Waals surface area contributed by atoms with Gasteiger partial charge in [0.2, 0.25) is 5.88 Å². The zero-order valence-electron chi connectivity index (χ0n) is 14.0. The maximum atomic E-state index is 12.4. The highest BCUT2D eigenvalue weighted by atomic mass is 16.5. The van der Waals surface area contributed by atoms with Crippen molar-refractivity contribution in [1.29, 1.82) is 0 Å². The Labute approximate surface area is 140 Å². The maximum Gasteiger partial charge on any atom is 0.312 e. The molecule has 0 spiro atoms. The number of aromatic nitrogens is 2. The minimum absolute atomic E-state index is 0.0425. The molecule has 0 fully saturated rings. The molecule has 7 nitrogen and oxygen atoms in total. The van der Waals surface area contributed by atoms with Crippen LogP contribution in [0.3, 0.4) is 0 Å². The van der Waals surface area contributed by atoms with Gasteiger partial charge in [-0.3, -0.25) is 9.59 Å². The minimum Gasteiger partial charge on any atom is -0.477 e. The van der Waals surface area contributed by atoms with E-state index in [1.165, 1.54) is 4.68 Å². The Balaban J connectivity index is 2.30. The highest BCUT2D eigenvalue weighted by molar-refractivity contribution is 6.05. The van der Waals surface area contributed by atoms with Gasteiger partial charge in [0.25, 0.3) is 5.91 Å². The Hall–Kier alpha value is -2.83. The van der Waals surface area contributed by atoms with Crippen LogP contribution in [0.2, 0.25) is 0 Å². The molecule has 2 rings (SSSR count). The molecule has 1 N–H and O–H groups in total. The summed E-state index contributed by atoms with van der Waals surface area (Å²) >= 11 is 0. The predicted octanol–water partition coefficient (Wildman–Crippen LogP) is 2.18. The SMILES string of the molecule is CCOC(=O)Cc1nn(C)c(OCC)c1NC(=O)c1ccccc1. The molecule has 0 saturated heterocycles. The molecule has 0 radical (unpaired) electrons. The van der Waals surface area contributed by atoms with Crippen molar-refractivity contribution in [2.45, 2.75) is 20.3 Å². The molecule has 24 heavy (non-hydrogen) atoms. The van der Waals surface area contributed by atoms with Crippen LogP contribution in [0.1, 0.15) is 29.9 Å². The van der Waals surface area contributed by atoms with Crippen LogP contribution in [-0.2, 0) is 23.0 Å². The fourth-order valence-electron chi connectivity index (χ4n) is 2.24. The molecule has 0 aliphatic heterocycles. The van der Waals surface area contributed by atoms with E-state index in [9.17, 15) is 9.59 Å². The third kappa shape index (κ3) is 4.13. The Morgan fingerprint density at radius 3 is 2.50 bits per heavy atom. The van der Waals surface area contributed by atoms with E-state index in [0.717, 1.165) is 0 Å². The lowest BCUT2D eigenvalue weighted by Gasteiger charge is -2.09. The lowest BCUT2D eigenvalue weighted by atomic mass is 10.2. The van der Waals surface area contributed by atoms with Crippen molar-refractivity contribution in [3.8, 4) is 5.88 Å². The second-order valence-corrected chi connectivity index (χ2v) is 4.99. The average molecular weight is 331 g/mol. The van der Waals surface area contributed by atoms with E-state index in [-0.39, 0.29) is 18.9 Å². The zero-order chi connectivity index (χ0) is 17.5. The quantitative estimate of drug-likeness (QED) is 0.786. The Bertz CT molecular complexity index is 710. The summed E-state index contributed by atoms with van der Waals surface area (Å²) in [5.74, 6) is -0.301. The Kier molecular flexibility index (Phi) is 5.95. The molecule has 0 atom stereocenters. The summed E-state index contributed by atoms with van der Waals surface area (Å²) < 4.78 is 12.0. The summed E-state index contributed by atoms with van der Waals surface area (Å²) in [6.45, 7) is 4.27. The lowest BCUT2D eigenvalue weighted by molar-refractivity contribution is -0.142. The van der Waals surface area contributed by atoms with E-state index < -0.39 is 5.97 Å². The van der Waals surface area contributed by atoms with E-state index in [0.29, 0.717) is 29.4 Å². The van der Waals surface area contributed by atoms with Gasteiger partial charge in [-0.05, 0) is 26.0 Å². The second-order valence-electron chi connectivity index (χ2n) is 4.99. The van der Waals surface area contributed by atoms with Gasteiger partial charge >= 0.3 is 5.97 Å². The number of rotatable bonds is 7. The normalized spacial score (nSPS) is 10.3. The molecular formula is C17H21N3O4. The number of esters is 1. The molecular weight excluding hydrogens is 310 g/mol. The molecule has 0 unspecified atom stereocenters. The standard InChI is InChI=1S/C17H21N3O4/c1-4-23-14(21)11-13-15(17(24-5-2)20(3)19-13)18-16(22)12-9-7-6-8-10-12/h6-10H,4-5,11H2,1-3H3,(H,18,22). The van der Waals surface area contributed by atoms with Gasteiger partial charge in [-0.15, -0.1) is 0 Å². The van der Waals surface area contributed by atoms with Gasteiger partial charge in [-0.2, -0.15) is 5.10 Å². The van der Waals surface area contributed by atoms with E-state index in [1.807, 2.05) is 13.0 Å². The first-order valence-corrected chi connectivity index (χ1v) is 7.77. The van der Waals surface area contributed by atoms with Crippen LogP contribution in [0.4, 0.5) is 5.69 Å². The highest BCUT2D eigenvalue weighted by Crippen LogP contribution is 2.29. The fourth-order valence-corrected chi connectivity index (χ4v) is 2.24. The van der Waals surface area contributed by atoms with Crippen LogP contribution in [0.5, 0.6) is 5.88 Å². The molecule has 0 bridgehead atoms. The van der Waals surface area contributed by atoms with Crippen molar-refractivity contribution in [2.75, 3.05) is 18.5 Å². The van der Waals surface area contributed by atoms with Crippen LogP contribution in [0.15, 0.2) is 30.3 Å². The van der Waals surface area contributed by atoms with Gasteiger partial charge in [0, 0.05) is 12.6 Å². The summed E-state index contributed by atoms with van der Waals surface area (Å²) in [4.78, 5) is 24.2. The molecule has 0 aliphatic rings. The molecule has 0 aliphatic carbocycles. The third-order valence-corrected chi connectivity index (χ3v) is 3.24. The average Bonchev–Trinajstić information content (AvgIpc) is 2.84. The molecule has 1 aromatic carbocycles. The number of nitrogens with zero attached hydrogens (tertiary/aromatic N) is 2. The van der Waals surface area contributed by atoms with Crippen LogP contribution < -0.4 is 10.1 Å². The Morgan fingerprint density at radius 1 is 1.17 bits per heavy atom. The number of carbonyl (C=O) groups excluding carboxylic acids is 2. The summed E-state index contributed by atoms with van der Waals surface area (Å²) in [6.07, 6.45) is -0.0425. The number of anilines is 1. The van der Waals surface area contributed by atoms with Crippen molar-refractivity contribution < 1.29 is 19.1 Å². The number of nitrogens with one attached hydrogen (secondary N) is 1. The van der Waals surface area contributed by atoms with E-state index in [2.05, 4.69) is 10.4 Å². The van der Waals surface area contributed by atoms with Gasteiger partial charge in [0.1, 0.15) is 11.4 Å². The van der Waals surface area contributed by atoms with Crippen LogP contribution >= 0.6 is 0 Å². The summed E-state index contributed by atoms with van der Waals surface area (Å²) in [7, 11) is 1.69. The third-order valence-electron chi connectivity index (χ3n) is 3.24. The van der Waals surface area contributed by atoms with Crippen molar-refractivity contribution >= 4 is 17.6 Å². The number of hydrogen-bond acceptors (Lipinski definition) is 5. The summed E-state index contributed by atoms with van der Waals surface area (Å²) in [5, 5.41) is 7.07. The van der Waals surface area contributed by atoms with Gasteiger partial charge in [-0.25, -0.2) is 4.68 Å². The number of carbonyl (C=O) groups is 2. The molecule has 128 valence electrons. The topological polar surface area (TPSA) is 82.4 Å². The molecule has 7 heteroatoms. The first-order chi connectivity index (χ1) is 11.6. The first kappa shape index (κ1) is 17.5. The van der Waals surface area contributed by atoms with E-state index in [1.54, 1.807) is 38.2 Å². The molecule has 2 aromatic rings.